The normalized spacial score (nSPS) is 11.3. The number of aryl methyl sites for hydroxylation is 2. The molecule has 0 atom stereocenters. The first kappa shape index (κ1) is 17.0. The lowest BCUT2D eigenvalue weighted by atomic mass is 10.2. The third-order valence-electron chi connectivity index (χ3n) is 3.69. The second-order valence-electron chi connectivity index (χ2n) is 5.66. The second kappa shape index (κ2) is 6.94. The minimum atomic E-state index is -3.67. The fourth-order valence-electron chi connectivity index (χ4n) is 2.51. The van der Waals surface area contributed by atoms with Gasteiger partial charge >= 0.3 is 0 Å². The largest absolute Gasteiger partial charge is 0.381 e. The highest BCUT2D eigenvalue weighted by Crippen LogP contribution is 2.22. The van der Waals surface area contributed by atoms with Crippen molar-refractivity contribution in [1.29, 1.82) is 0 Å². The smallest absolute Gasteiger partial charge is 0.265 e. The summed E-state index contributed by atoms with van der Waals surface area (Å²) in [6.07, 6.45) is 3.53. The van der Waals surface area contributed by atoms with E-state index < -0.39 is 10.0 Å². The Morgan fingerprint density at radius 1 is 1.08 bits per heavy atom. The SMILES string of the molecule is Cc1n[nH]c(C)c1S(=O)(=O)Nc1ccc(NCc2cccnc2)cc1. The van der Waals surface area contributed by atoms with Gasteiger partial charge in [-0.3, -0.25) is 14.8 Å². The molecule has 0 fully saturated rings. The van der Waals surface area contributed by atoms with Gasteiger partial charge in [0.05, 0.1) is 11.4 Å². The molecule has 3 aromatic rings. The van der Waals surface area contributed by atoms with E-state index in [1.165, 1.54) is 0 Å². The van der Waals surface area contributed by atoms with Crippen LogP contribution in [0.15, 0.2) is 53.7 Å². The van der Waals surface area contributed by atoms with Crippen LogP contribution in [-0.4, -0.2) is 23.6 Å². The molecule has 0 saturated heterocycles. The molecule has 0 bridgehead atoms. The van der Waals surface area contributed by atoms with E-state index in [9.17, 15) is 8.42 Å². The number of benzene rings is 1. The molecule has 2 aromatic heterocycles. The number of anilines is 2. The summed E-state index contributed by atoms with van der Waals surface area (Å²) in [5.41, 5.74) is 3.41. The highest BCUT2D eigenvalue weighted by Gasteiger charge is 2.22. The van der Waals surface area contributed by atoms with Gasteiger partial charge in [0.2, 0.25) is 0 Å². The molecule has 3 rings (SSSR count). The first-order valence-electron chi connectivity index (χ1n) is 7.73. The number of rotatable bonds is 6. The van der Waals surface area contributed by atoms with Crippen molar-refractivity contribution in [1.82, 2.24) is 15.2 Å². The first-order valence-corrected chi connectivity index (χ1v) is 9.21. The summed E-state index contributed by atoms with van der Waals surface area (Å²) in [7, 11) is -3.67. The Morgan fingerprint density at radius 3 is 2.40 bits per heavy atom. The molecule has 7 nitrogen and oxygen atoms in total. The van der Waals surface area contributed by atoms with Crippen LogP contribution < -0.4 is 10.0 Å². The topological polar surface area (TPSA) is 99.8 Å². The van der Waals surface area contributed by atoms with Gasteiger partial charge in [-0.15, -0.1) is 0 Å². The van der Waals surface area contributed by atoms with Gasteiger partial charge in [0.15, 0.2) is 0 Å². The van der Waals surface area contributed by atoms with Crippen molar-refractivity contribution in [3.63, 3.8) is 0 Å². The molecule has 0 aliphatic heterocycles. The maximum absolute atomic E-state index is 12.5. The molecule has 0 saturated carbocycles. The van der Waals surface area contributed by atoms with Gasteiger partial charge in [0.1, 0.15) is 4.90 Å². The molecule has 0 aliphatic rings. The Balaban J connectivity index is 1.68. The number of hydrogen-bond donors (Lipinski definition) is 3. The maximum Gasteiger partial charge on any atom is 0.265 e. The number of nitrogens with one attached hydrogen (secondary N) is 3. The molecular formula is C17H19N5O2S. The standard InChI is InChI=1S/C17H19N5O2S/c1-12-17(13(2)21-20-12)25(23,24)22-16-7-5-15(6-8-16)19-11-14-4-3-9-18-10-14/h3-10,19,22H,11H2,1-2H3,(H,20,21). The lowest BCUT2D eigenvalue weighted by Gasteiger charge is -2.10. The highest BCUT2D eigenvalue weighted by atomic mass is 32.2. The Hall–Kier alpha value is -2.87. The third kappa shape index (κ3) is 3.97. The summed E-state index contributed by atoms with van der Waals surface area (Å²) in [6, 6.07) is 10.9. The van der Waals surface area contributed by atoms with Crippen molar-refractivity contribution in [3.8, 4) is 0 Å². The summed E-state index contributed by atoms with van der Waals surface area (Å²) < 4.78 is 27.6. The molecule has 130 valence electrons. The van der Waals surface area contributed by atoms with E-state index >= 15 is 0 Å². The van der Waals surface area contributed by atoms with E-state index in [1.54, 1.807) is 38.4 Å². The lowest BCUT2D eigenvalue weighted by Crippen LogP contribution is -2.14. The van der Waals surface area contributed by atoms with Gasteiger partial charge in [-0.2, -0.15) is 5.10 Å². The fraction of sp³-hybridized carbons (Fsp3) is 0.176. The molecule has 25 heavy (non-hydrogen) atoms. The van der Waals surface area contributed by atoms with Gasteiger partial charge in [-0.25, -0.2) is 8.42 Å². The van der Waals surface area contributed by atoms with E-state index in [4.69, 9.17) is 0 Å². The molecule has 0 radical (unpaired) electrons. The molecule has 2 heterocycles. The molecular weight excluding hydrogens is 338 g/mol. The lowest BCUT2D eigenvalue weighted by molar-refractivity contribution is 0.600. The zero-order valence-corrected chi connectivity index (χ0v) is 14.8. The molecule has 0 amide bonds. The molecule has 0 spiro atoms. The summed E-state index contributed by atoms with van der Waals surface area (Å²) >= 11 is 0. The van der Waals surface area contributed by atoms with Crippen molar-refractivity contribution in [3.05, 3.63) is 65.7 Å². The van der Waals surface area contributed by atoms with Crippen molar-refractivity contribution in [2.24, 2.45) is 0 Å². The summed E-state index contributed by atoms with van der Waals surface area (Å²) in [5, 5.41) is 9.88. The van der Waals surface area contributed by atoms with Crippen LogP contribution in [0.2, 0.25) is 0 Å². The van der Waals surface area contributed by atoms with Crippen LogP contribution in [0.3, 0.4) is 0 Å². The molecule has 0 unspecified atom stereocenters. The van der Waals surface area contributed by atoms with E-state index in [1.807, 2.05) is 24.3 Å². The van der Waals surface area contributed by atoms with Gasteiger partial charge in [-0.05, 0) is 49.7 Å². The monoisotopic (exact) mass is 357 g/mol. The molecule has 3 N–H and O–H groups in total. The number of nitrogens with zero attached hydrogens (tertiary/aromatic N) is 2. The van der Waals surface area contributed by atoms with Crippen molar-refractivity contribution < 1.29 is 8.42 Å². The predicted octanol–water partition coefficient (Wildman–Crippen LogP) is 2.83. The van der Waals surface area contributed by atoms with Crippen LogP contribution in [0.25, 0.3) is 0 Å². The van der Waals surface area contributed by atoms with Crippen LogP contribution in [0.5, 0.6) is 0 Å². The number of hydrogen-bond acceptors (Lipinski definition) is 5. The van der Waals surface area contributed by atoms with Crippen LogP contribution >= 0.6 is 0 Å². The zero-order chi connectivity index (χ0) is 17.9. The third-order valence-corrected chi connectivity index (χ3v) is 5.33. The van der Waals surface area contributed by atoms with E-state index in [-0.39, 0.29) is 4.90 Å². The van der Waals surface area contributed by atoms with E-state index in [2.05, 4.69) is 25.2 Å². The number of sulfonamides is 1. The Morgan fingerprint density at radius 2 is 1.80 bits per heavy atom. The molecule has 0 aliphatic carbocycles. The summed E-state index contributed by atoms with van der Waals surface area (Å²) in [6.45, 7) is 3.98. The minimum Gasteiger partial charge on any atom is -0.381 e. The predicted molar refractivity (Wildman–Crippen MR) is 96.9 cm³/mol. The van der Waals surface area contributed by atoms with Crippen LogP contribution in [0, 0.1) is 13.8 Å². The number of pyridine rings is 1. The van der Waals surface area contributed by atoms with Crippen LogP contribution in [0.1, 0.15) is 17.0 Å². The first-order chi connectivity index (χ1) is 12.0. The van der Waals surface area contributed by atoms with Crippen molar-refractivity contribution in [2.45, 2.75) is 25.3 Å². The van der Waals surface area contributed by atoms with Gasteiger partial charge < -0.3 is 5.32 Å². The Labute approximate surface area is 146 Å². The second-order valence-corrected chi connectivity index (χ2v) is 7.28. The average Bonchev–Trinajstić information content (AvgIpc) is 2.94. The van der Waals surface area contributed by atoms with Gasteiger partial charge in [0.25, 0.3) is 10.0 Å². The van der Waals surface area contributed by atoms with Crippen molar-refractivity contribution in [2.75, 3.05) is 10.0 Å². The van der Waals surface area contributed by atoms with E-state index in [0.29, 0.717) is 23.6 Å². The highest BCUT2D eigenvalue weighted by molar-refractivity contribution is 7.92. The van der Waals surface area contributed by atoms with Gasteiger partial charge in [0, 0.05) is 30.3 Å². The Bertz CT molecular complexity index is 931. The quantitative estimate of drug-likeness (QED) is 0.630. The number of aromatic nitrogens is 3. The number of H-pyrrole nitrogens is 1. The van der Waals surface area contributed by atoms with Crippen LogP contribution in [-0.2, 0) is 16.6 Å². The molecule has 8 heteroatoms. The average molecular weight is 357 g/mol. The van der Waals surface area contributed by atoms with Crippen LogP contribution in [0.4, 0.5) is 11.4 Å². The minimum absolute atomic E-state index is 0.186. The number of aromatic amines is 1. The Kier molecular flexibility index (Phi) is 4.71. The zero-order valence-electron chi connectivity index (χ0n) is 13.9. The van der Waals surface area contributed by atoms with Crippen molar-refractivity contribution >= 4 is 21.4 Å². The van der Waals surface area contributed by atoms with Gasteiger partial charge in [-0.1, -0.05) is 6.07 Å². The molecule has 1 aromatic carbocycles. The summed E-state index contributed by atoms with van der Waals surface area (Å²) in [4.78, 5) is 4.25. The van der Waals surface area contributed by atoms with E-state index in [0.717, 1.165) is 11.3 Å². The fourth-order valence-corrected chi connectivity index (χ4v) is 3.94. The summed E-state index contributed by atoms with van der Waals surface area (Å²) in [5.74, 6) is 0. The maximum atomic E-state index is 12.5.